The number of hydrogen-bond donors (Lipinski definition) is 2. The second-order valence-electron chi connectivity index (χ2n) is 3.53. The van der Waals surface area contributed by atoms with Crippen molar-refractivity contribution in [3.05, 3.63) is 18.0 Å². The van der Waals surface area contributed by atoms with Crippen molar-refractivity contribution >= 4 is 0 Å². The third-order valence-electron chi connectivity index (χ3n) is 2.71. The molecule has 2 heterocycles. The second-order valence-corrected chi connectivity index (χ2v) is 3.53. The highest BCUT2D eigenvalue weighted by molar-refractivity contribution is 5.10. The van der Waals surface area contributed by atoms with Gasteiger partial charge in [0.05, 0.1) is 12.2 Å². The smallest absolute Gasteiger partial charge is 0.0535 e. The van der Waals surface area contributed by atoms with E-state index in [1.807, 2.05) is 12.4 Å². The van der Waals surface area contributed by atoms with Crippen molar-refractivity contribution in [2.45, 2.75) is 18.9 Å². The van der Waals surface area contributed by atoms with Crippen molar-refractivity contribution in [3.8, 4) is 0 Å². The zero-order valence-electron chi connectivity index (χ0n) is 7.74. The van der Waals surface area contributed by atoms with E-state index < -0.39 is 0 Å². The third kappa shape index (κ3) is 1.73. The molecule has 4 nitrogen and oxygen atoms in total. The molecule has 0 aromatic carbocycles. The number of hydrogen-bond acceptors (Lipinski definition) is 3. The maximum atomic E-state index is 5.76. The first kappa shape index (κ1) is 8.72. The minimum Gasteiger partial charge on any atom is -0.329 e. The minimum atomic E-state index is 0.362. The summed E-state index contributed by atoms with van der Waals surface area (Å²) in [5.74, 6) is 0. The Hall–Kier alpha value is -0.870. The van der Waals surface area contributed by atoms with Gasteiger partial charge in [-0.15, -0.1) is 0 Å². The third-order valence-corrected chi connectivity index (χ3v) is 2.71. The number of nitrogens with two attached hydrogens (primary N) is 1. The van der Waals surface area contributed by atoms with Crippen LogP contribution < -0.4 is 5.73 Å². The number of aromatic amines is 1. The summed E-state index contributed by atoms with van der Waals surface area (Å²) in [5, 5.41) is 6.79. The minimum absolute atomic E-state index is 0.362. The molecule has 3 N–H and O–H groups in total. The molecular formula is C9H16N4. The Balaban J connectivity index is 2.08. The van der Waals surface area contributed by atoms with Gasteiger partial charge in [0.25, 0.3) is 0 Å². The first-order valence-electron chi connectivity index (χ1n) is 4.84. The van der Waals surface area contributed by atoms with Crippen LogP contribution in [0.1, 0.15) is 24.4 Å². The molecular weight excluding hydrogens is 164 g/mol. The van der Waals surface area contributed by atoms with Gasteiger partial charge in [-0.25, -0.2) is 0 Å². The van der Waals surface area contributed by atoms with Gasteiger partial charge >= 0.3 is 0 Å². The van der Waals surface area contributed by atoms with Gasteiger partial charge < -0.3 is 5.73 Å². The number of nitrogens with zero attached hydrogens (tertiary/aromatic N) is 2. The van der Waals surface area contributed by atoms with E-state index in [0.717, 1.165) is 0 Å². The fourth-order valence-electron chi connectivity index (χ4n) is 1.99. The predicted octanol–water partition coefficient (Wildman–Crippen LogP) is 0.505. The molecule has 1 fully saturated rings. The van der Waals surface area contributed by atoms with Gasteiger partial charge in [0.2, 0.25) is 0 Å². The monoisotopic (exact) mass is 180 g/mol. The van der Waals surface area contributed by atoms with E-state index in [4.69, 9.17) is 5.73 Å². The lowest BCUT2D eigenvalue weighted by atomic mass is 10.1. The van der Waals surface area contributed by atoms with Gasteiger partial charge in [-0.2, -0.15) is 5.10 Å². The summed E-state index contributed by atoms with van der Waals surface area (Å²) in [6.07, 6.45) is 6.41. The molecule has 0 radical (unpaired) electrons. The molecule has 13 heavy (non-hydrogen) atoms. The maximum absolute atomic E-state index is 5.76. The van der Waals surface area contributed by atoms with E-state index in [0.29, 0.717) is 12.6 Å². The Morgan fingerprint density at radius 3 is 2.85 bits per heavy atom. The summed E-state index contributed by atoms with van der Waals surface area (Å²) in [7, 11) is 0. The average molecular weight is 180 g/mol. The van der Waals surface area contributed by atoms with Crippen LogP contribution in [0.15, 0.2) is 12.4 Å². The standard InChI is InChI=1S/C9H16N4/c10-5-9(8-6-11-12-7-8)13-3-1-2-4-13/h6-7,9H,1-5,10H2,(H,11,12). The maximum Gasteiger partial charge on any atom is 0.0535 e. The molecule has 1 aromatic heterocycles. The molecule has 0 aliphatic carbocycles. The van der Waals surface area contributed by atoms with Crippen molar-refractivity contribution in [2.24, 2.45) is 5.73 Å². The van der Waals surface area contributed by atoms with Crippen LogP contribution in [0.5, 0.6) is 0 Å². The summed E-state index contributed by atoms with van der Waals surface area (Å²) in [5.41, 5.74) is 6.97. The largest absolute Gasteiger partial charge is 0.329 e. The molecule has 1 saturated heterocycles. The molecule has 0 saturated carbocycles. The molecule has 2 rings (SSSR count). The van der Waals surface area contributed by atoms with Crippen LogP contribution >= 0.6 is 0 Å². The Kier molecular flexibility index (Phi) is 2.61. The van der Waals surface area contributed by atoms with Gasteiger partial charge in [-0.1, -0.05) is 0 Å². The Bertz CT molecular complexity index is 238. The molecule has 72 valence electrons. The van der Waals surface area contributed by atoms with Gasteiger partial charge in [-0.05, 0) is 25.9 Å². The Labute approximate surface area is 78.1 Å². The van der Waals surface area contributed by atoms with Crippen molar-refractivity contribution in [3.63, 3.8) is 0 Å². The molecule has 1 unspecified atom stereocenters. The topological polar surface area (TPSA) is 57.9 Å². The Morgan fingerprint density at radius 2 is 2.31 bits per heavy atom. The van der Waals surface area contributed by atoms with Gasteiger partial charge in [0, 0.05) is 18.3 Å². The van der Waals surface area contributed by atoms with Crippen molar-refractivity contribution in [1.29, 1.82) is 0 Å². The van der Waals surface area contributed by atoms with Crippen molar-refractivity contribution in [1.82, 2.24) is 15.1 Å². The van der Waals surface area contributed by atoms with Crippen LogP contribution in [-0.2, 0) is 0 Å². The average Bonchev–Trinajstić information content (AvgIpc) is 2.76. The van der Waals surface area contributed by atoms with E-state index in [2.05, 4.69) is 15.1 Å². The fourth-order valence-corrected chi connectivity index (χ4v) is 1.99. The first-order chi connectivity index (χ1) is 6.42. The highest BCUT2D eigenvalue weighted by Crippen LogP contribution is 2.22. The summed E-state index contributed by atoms with van der Waals surface area (Å²) in [6, 6.07) is 0.362. The van der Waals surface area contributed by atoms with Crippen LogP contribution in [0.4, 0.5) is 0 Å². The van der Waals surface area contributed by atoms with Crippen LogP contribution in [0.2, 0.25) is 0 Å². The zero-order valence-corrected chi connectivity index (χ0v) is 7.74. The van der Waals surface area contributed by atoms with Crippen LogP contribution in [-0.4, -0.2) is 34.7 Å². The summed E-state index contributed by atoms with van der Waals surface area (Å²) in [4.78, 5) is 2.44. The molecule has 0 amide bonds. The number of H-pyrrole nitrogens is 1. The molecule has 0 spiro atoms. The predicted molar refractivity (Wildman–Crippen MR) is 51.2 cm³/mol. The number of nitrogens with one attached hydrogen (secondary N) is 1. The Morgan fingerprint density at radius 1 is 1.54 bits per heavy atom. The van der Waals surface area contributed by atoms with E-state index in [1.54, 1.807) is 0 Å². The number of rotatable bonds is 3. The lowest BCUT2D eigenvalue weighted by molar-refractivity contribution is 0.251. The van der Waals surface area contributed by atoms with E-state index in [9.17, 15) is 0 Å². The highest BCUT2D eigenvalue weighted by atomic mass is 15.2. The second kappa shape index (κ2) is 3.89. The molecule has 0 bridgehead atoms. The van der Waals surface area contributed by atoms with E-state index >= 15 is 0 Å². The summed E-state index contributed by atoms with van der Waals surface area (Å²) >= 11 is 0. The molecule has 1 aliphatic heterocycles. The lowest BCUT2D eigenvalue weighted by Gasteiger charge is -2.24. The number of aromatic nitrogens is 2. The first-order valence-corrected chi connectivity index (χ1v) is 4.84. The quantitative estimate of drug-likeness (QED) is 0.712. The van der Waals surface area contributed by atoms with E-state index in [-0.39, 0.29) is 0 Å². The SMILES string of the molecule is NCC(c1cn[nH]c1)N1CCCC1. The lowest BCUT2D eigenvalue weighted by Crippen LogP contribution is -2.31. The normalized spacial score (nSPS) is 20.7. The van der Waals surface area contributed by atoms with Crippen molar-refractivity contribution in [2.75, 3.05) is 19.6 Å². The summed E-state index contributed by atoms with van der Waals surface area (Å²) in [6.45, 7) is 3.03. The fraction of sp³-hybridized carbons (Fsp3) is 0.667. The molecule has 4 heteroatoms. The molecule has 1 atom stereocenters. The van der Waals surface area contributed by atoms with Crippen LogP contribution in [0.25, 0.3) is 0 Å². The van der Waals surface area contributed by atoms with Gasteiger partial charge in [0.15, 0.2) is 0 Å². The summed E-state index contributed by atoms with van der Waals surface area (Å²) < 4.78 is 0. The zero-order chi connectivity index (χ0) is 9.10. The molecule has 1 aliphatic rings. The van der Waals surface area contributed by atoms with Crippen LogP contribution in [0, 0.1) is 0 Å². The van der Waals surface area contributed by atoms with Gasteiger partial charge in [0.1, 0.15) is 0 Å². The van der Waals surface area contributed by atoms with Crippen molar-refractivity contribution < 1.29 is 0 Å². The van der Waals surface area contributed by atoms with Crippen LogP contribution in [0.3, 0.4) is 0 Å². The highest BCUT2D eigenvalue weighted by Gasteiger charge is 2.22. The van der Waals surface area contributed by atoms with Gasteiger partial charge in [-0.3, -0.25) is 10.00 Å². The molecule has 1 aromatic rings. The van der Waals surface area contributed by atoms with E-state index in [1.165, 1.54) is 31.5 Å². The number of likely N-dealkylation sites (tertiary alicyclic amines) is 1.